The maximum absolute atomic E-state index is 13.1. The molecular weight excluding hydrogens is 446 g/mol. The highest BCUT2D eigenvalue weighted by atomic mass is 16.5. The molecule has 0 spiro atoms. The van der Waals surface area contributed by atoms with Gasteiger partial charge in [0.05, 0.1) is 18.7 Å². The molecule has 0 aliphatic carbocycles. The van der Waals surface area contributed by atoms with Gasteiger partial charge in [0.15, 0.2) is 5.76 Å². The minimum absolute atomic E-state index is 0.114. The molecular formula is C27H33N3O5. The fraction of sp³-hybridized carbons (Fsp3) is 0.444. The zero-order chi connectivity index (χ0) is 24.8. The van der Waals surface area contributed by atoms with Crippen LogP contribution in [-0.2, 0) is 20.9 Å². The first kappa shape index (κ1) is 24.7. The lowest BCUT2D eigenvalue weighted by Gasteiger charge is -2.34. The molecule has 1 atom stereocenters. The van der Waals surface area contributed by atoms with Gasteiger partial charge in [-0.25, -0.2) is 4.79 Å². The van der Waals surface area contributed by atoms with E-state index in [1.54, 1.807) is 30.9 Å². The summed E-state index contributed by atoms with van der Waals surface area (Å²) in [5, 5.41) is 2.89. The lowest BCUT2D eigenvalue weighted by atomic mass is 9.83. The fourth-order valence-electron chi connectivity index (χ4n) is 4.81. The number of hydrogen-bond acceptors (Lipinski definition) is 6. The van der Waals surface area contributed by atoms with Crippen LogP contribution in [0.2, 0.25) is 0 Å². The van der Waals surface area contributed by atoms with Crippen molar-refractivity contribution in [1.82, 2.24) is 15.1 Å². The number of carbonyl (C=O) groups excluding carboxylic acids is 3. The summed E-state index contributed by atoms with van der Waals surface area (Å²) in [7, 11) is 0. The second kappa shape index (κ2) is 11.4. The van der Waals surface area contributed by atoms with Gasteiger partial charge < -0.3 is 24.3 Å². The molecule has 1 aromatic heterocycles. The molecule has 8 nitrogen and oxygen atoms in total. The number of ether oxygens (including phenoxy) is 1. The summed E-state index contributed by atoms with van der Waals surface area (Å²) in [6, 6.07) is 12.8. The van der Waals surface area contributed by atoms with Crippen molar-refractivity contribution >= 4 is 17.8 Å². The van der Waals surface area contributed by atoms with Gasteiger partial charge in [-0.3, -0.25) is 9.59 Å². The first-order valence-electron chi connectivity index (χ1n) is 12.3. The summed E-state index contributed by atoms with van der Waals surface area (Å²) >= 11 is 0. The monoisotopic (exact) mass is 479 g/mol. The van der Waals surface area contributed by atoms with Crippen molar-refractivity contribution in [2.45, 2.75) is 45.6 Å². The van der Waals surface area contributed by atoms with Crippen molar-refractivity contribution in [3.63, 3.8) is 0 Å². The van der Waals surface area contributed by atoms with Crippen LogP contribution in [0, 0.1) is 0 Å². The van der Waals surface area contributed by atoms with Crippen LogP contribution >= 0.6 is 0 Å². The number of furan rings is 1. The molecule has 186 valence electrons. The Labute approximate surface area is 205 Å². The summed E-state index contributed by atoms with van der Waals surface area (Å²) in [4.78, 5) is 42.4. The fourth-order valence-corrected chi connectivity index (χ4v) is 4.81. The van der Waals surface area contributed by atoms with Gasteiger partial charge in [-0.05, 0) is 57.5 Å². The summed E-state index contributed by atoms with van der Waals surface area (Å²) in [5.74, 6) is -0.494. The third-order valence-corrected chi connectivity index (χ3v) is 6.63. The van der Waals surface area contributed by atoms with Crippen molar-refractivity contribution < 1.29 is 23.5 Å². The topological polar surface area (TPSA) is 92.1 Å². The number of nitrogens with zero attached hydrogens (tertiary/aromatic N) is 2. The summed E-state index contributed by atoms with van der Waals surface area (Å²) in [6.45, 7) is 7.45. The quantitative estimate of drug-likeness (QED) is 0.554. The normalized spacial score (nSPS) is 18.7. The Hall–Kier alpha value is -3.39. The average Bonchev–Trinajstić information content (AvgIpc) is 3.54. The third kappa shape index (κ3) is 5.82. The van der Waals surface area contributed by atoms with Crippen LogP contribution in [0.1, 0.15) is 60.9 Å². The van der Waals surface area contributed by atoms with Gasteiger partial charge in [-0.1, -0.05) is 30.3 Å². The Morgan fingerprint density at radius 2 is 1.86 bits per heavy atom. The minimum atomic E-state index is -0.422. The van der Waals surface area contributed by atoms with E-state index in [9.17, 15) is 14.4 Å². The Morgan fingerprint density at radius 3 is 2.57 bits per heavy atom. The number of carbonyl (C=O) groups is 3. The lowest BCUT2D eigenvalue weighted by molar-refractivity contribution is -0.140. The van der Waals surface area contributed by atoms with E-state index in [-0.39, 0.29) is 43.1 Å². The molecule has 1 aromatic carbocycles. The molecule has 2 aromatic rings. The minimum Gasteiger partial charge on any atom is -0.463 e. The summed E-state index contributed by atoms with van der Waals surface area (Å²) in [5.41, 5.74) is 1.92. The van der Waals surface area contributed by atoms with Gasteiger partial charge in [-0.2, -0.15) is 0 Å². The zero-order valence-electron chi connectivity index (χ0n) is 20.4. The first-order valence-corrected chi connectivity index (χ1v) is 12.3. The Kier molecular flexibility index (Phi) is 8.02. The van der Waals surface area contributed by atoms with Crippen molar-refractivity contribution in [2.24, 2.45) is 0 Å². The molecule has 8 heteroatoms. The van der Waals surface area contributed by atoms with E-state index in [0.717, 1.165) is 25.2 Å². The Balaban J connectivity index is 1.47. The van der Waals surface area contributed by atoms with E-state index >= 15 is 0 Å². The molecule has 1 saturated heterocycles. The molecule has 4 rings (SSSR count). The zero-order valence-corrected chi connectivity index (χ0v) is 20.4. The first-order chi connectivity index (χ1) is 17.0. The van der Waals surface area contributed by atoms with E-state index in [4.69, 9.17) is 9.15 Å². The van der Waals surface area contributed by atoms with Crippen molar-refractivity contribution in [2.75, 3.05) is 32.8 Å². The lowest BCUT2D eigenvalue weighted by Crippen LogP contribution is -2.38. The van der Waals surface area contributed by atoms with Gasteiger partial charge in [0, 0.05) is 31.1 Å². The number of esters is 1. The molecule has 2 aliphatic rings. The van der Waals surface area contributed by atoms with E-state index in [2.05, 4.69) is 10.2 Å². The van der Waals surface area contributed by atoms with Crippen LogP contribution in [0.5, 0.6) is 0 Å². The largest absolute Gasteiger partial charge is 0.463 e. The number of amides is 2. The molecule has 1 unspecified atom stereocenters. The van der Waals surface area contributed by atoms with Crippen LogP contribution in [0.4, 0.5) is 0 Å². The summed E-state index contributed by atoms with van der Waals surface area (Å²) < 4.78 is 11.1. The molecule has 0 radical (unpaired) electrons. The standard InChI is InChI=1S/C27H33N3O5/c1-3-34-27(33)25-19(2)30(24(31)17-22(25)20-9-5-4-6-10-20)18-21-11-12-23(35-21)26(32)28-13-16-29-14-7-8-15-29/h4-6,9-12,22H,3,7-8,13-18H2,1-2H3,(H,28,32). The number of hydrogen-bond donors (Lipinski definition) is 1. The maximum Gasteiger partial charge on any atom is 0.336 e. The third-order valence-electron chi connectivity index (χ3n) is 6.63. The predicted molar refractivity (Wildman–Crippen MR) is 130 cm³/mol. The van der Waals surface area contributed by atoms with Crippen LogP contribution < -0.4 is 5.32 Å². The molecule has 1 fully saturated rings. The van der Waals surface area contributed by atoms with E-state index in [0.29, 0.717) is 23.6 Å². The number of allylic oxidation sites excluding steroid dienone is 1. The second-order valence-electron chi connectivity index (χ2n) is 8.94. The Bertz CT molecular complexity index is 1090. The van der Waals surface area contributed by atoms with Crippen molar-refractivity contribution in [3.8, 4) is 0 Å². The molecule has 3 heterocycles. The SMILES string of the molecule is CCOC(=O)C1=C(C)N(Cc2ccc(C(=O)NCCN3CCCC3)o2)C(=O)CC1c1ccccc1. The number of nitrogens with one attached hydrogen (secondary N) is 1. The highest BCUT2D eigenvalue weighted by Gasteiger charge is 2.37. The number of likely N-dealkylation sites (tertiary alicyclic amines) is 1. The van der Waals surface area contributed by atoms with Crippen LogP contribution in [0.15, 0.2) is 58.2 Å². The molecule has 0 bridgehead atoms. The highest BCUT2D eigenvalue weighted by Crippen LogP contribution is 2.37. The predicted octanol–water partition coefficient (Wildman–Crippen LogP) is 3.46. The second-order valence-corrected chi connectivity index (χ2v) is 8.94. The van der Waals surface area contributed by atoms with Crippen LogP contribution in [-0.4, -0.2) is 60.4 Å². The van der Waals surface area contributed by atoms with Crippen LogP contribution in [0.3, 0.4) is 0 Å². The molecule has 0 saturated carbocycles. The highest BCUT2D eigenvalue weighted by molar-refractivity contribution is 5.96. The summed E-state index contributed by atoms with van der Waals surface area (Å²) in [6.07, 6.45) is 2.57. The Morgan fingerprint density at radius 1 is 1.11 bits per heavy atom. The molecule has 2 amide bonds. The maximum atomic E-state index is 13.1. The van der Waals surface area contributed by atoms with E-state index < -0.39 is 5.97 Å². The van der Waals surface area contributed by atoms with Crippen molar-refractivity contribution in [3.05, 3.63) is 70.8 Å². The number of benzene rings is 1. The van der Waals surface area contributed by atoms with Gasteiger partial charge in [0.25, 0.3) is 5.91 Å². The van der Waals surface area contributed by atoms with Crippen LogP contribution in [0.25, 0.3) is 0 Å². The molecule has 2 aliphatic heterocycles. The molecule has 35 heavy (non-hydrogen) atoms. The molecule has 1 N–H and O–H groups in total. The van der Waals surface area contributed by atoms with Gasteiger partial charge in [0.2, 0.25) is 5.91 Å². The van der Waals surface area contributed by atoms with Gasteiger partial charge in [0.1, 0.15) is 5.76 Å². The number of rotatable bonds is 9. The van der Waals surface area contributed by atoms with E-state index in [1.165, 1.54) is 12.8 Å². The van der Waals surface area contributed by atoms with Crippen molar-refractivity contribution in [1.29, 1.82) is 0 Å². The van der Waals surface area contributed by atoms with E-state index in [1.807, 2.05) is 30.3 Å². The van der Waals surface area contributed by atoms with Gasteiger partial charge >= 0.3 is 5.97 Å². The average molecular weight is 480 g/mol. The smallest absolute Gasteiger partial charge is 0.336 e. The van der Waals surface area contributed by atoms with Gasteiger partial charge in [-0.15, -0.1) is 0 Å².